The fraction of sp³-hybridized carbons (Fsp3) is 0.393. The Balaban J connectivity index is 0.00000109. The summed E-state index contributed by atoms with van der Waals surface area (Å²) < 4.78 is 11.1. The van der Waals surface area contributed by atoms with Crippen molar-refractivity contribution in [2.24, 2.45) is 0 Å². The lowest BCUT2D eigenvalue weighted by Gasteiger charge is -2.19. The van der Waals surface area contributed by atoms with Crippen molar-refractivity contribution in [2.45, 2.75) is 45.4 Å². The third kappa shape index (κ3) is 7.37. The summed E-state index contributed by atoms with van der Waals surface area (Å²) in [5.41, 5.74) is 7.24. The Bertz CT molecular complexity index is 1150. The number of rotatable bonds is 7. The highest BCUT2D eigenvalue weighted by molar-refractivity contribution is 7.98. The minimum absolute atomic E-state index is 0.124. The van der Waals surface area contributed by atoms with Gasteiger partial charge in [0.25, 0.3) is 0 Å². The smallest absolute Gasteiger partial charge is 0.339 e. The van der Waals surface area contributed by atoms with Gasteiger partial charge in [-0.15, -0.1) is 11.8 Å². The van der Waals surface area contributed by atoms with Gasteiger partial charge in [-0.1, -0.05) is 39.8 Å². The molecule has 1 aliphatic heterocycles. The average molecular weight is 511 g/mol. The van der Waals surface area contributed by atoms with E-state index in [9.17, 15) is 4.79 Å². The second kappa shape index (κ2) is 15.0. The number of fused-ring (bicyclic) bond motifs is 1. The minimum atomic E-state index is -0.399. The van der Waals surface area contributed by atoms with Gasteiger partial charge in [-0.25, -0.2) is 9.78 Å². The number of hydrogen-bond acceptors (Lipinski definition) is 7. The molecule has 0 spiro atoms. The monoisotopic (exact) mass is 510 g/mol. The fourth-order valence-electron chi connectivity index (χ4n) is 3.76. The summed E-state index contributed by atoms with van der Waals surface area (Å²) in [6, 6.07) is 12.9. The van der Waals surface area contributed by atoms with E-state index < -0.39 is 5.97 Å². The van der Waals surface area contributed by atoms with Crippen LogP contribution in [0.3, 0.4) is 0 Å². The maximum Gasteiger partial charge on any atom is 0.339 e. The molecule has 2 aromatic carbocycles. The molecule has 8 heteroatoms. The normalized spacial score (nSPS) is 12.2. The molecule has 4 rings (SSSR count). The second-order valence-corrected chi connectivity index (χ2v) is 8.37. The number of carbonyl (C=O) groups excluding carboxylic acids is 1. The molecule has 2 heterocycles. The van der Waals surface area contributed by atoms with Gasteiger partial charge in [-0.05, 0) is 54.8 Å². The van der Waals surface area contributed by atoms with Gasteiger partial charge >= 0.3 is 5.97 Å². The molecule has 0 unspecified atom stereocenters. The standard InChI is InChI=1S/C24H26N4O3S.2C2H6/c1-32-21-14-17(23(26)28-10-2-3-11-28)5-7-19(21)24(29)31-13-12-30-18-6-4-16-8-9-27-22(25)20(16)15-18;2*1-2/h4-9,14-15,26H,2-3,10-13H2,1H3,(H2,25,27);2*1-2H3. The Labute approximate surface area is 218 Å². The van der Waals surface area contributed by atoms with Gasteiger partial charge in [-0.2, -0.15) is 0 Å². The molecule has 0 amide bonds. The molecule has 0 saturated carbocycles. The molecule has 36 heavy (non-hydrogen) atoms. The van der Waals surface area contributed by atoms with Gasteiger partial charge < -0.3 is 20.1 Å². The van der Waals surface area contributed by atoms with Crippen LogP contribution in [0.2, 0.25) is 0 Å². The third-order valence-corrected chi connectivity index (χ3v) is 6.25. The quantitative estimate of drug-likeness (QED) is 0.127. The van der Waals surface area contributed by atoms with E-state index in [1.807, 2.05) is 70.3 Å². The van der Waals surface area contributed by atoms with Gasteiger partial charge in [0, 0.05) is 35.1 Å². The summed E-state index contributed by atoms with van der Waals surface area (Å²) in [6.07, 6.45) is 5.82. The van der Waals surface area contributed by atoms with Gasteiger partial charge in [-0.3, -0.25) is 5.41 Å². The van der Waals surface area contributed by atoms with E-state index in [2.05, 4.69) is 9.88 Å². The molecule has 7 nitrogen and oxygen atoms in total. The van der Waals surface area contributed by atoms with Crippen LogP contribution in [-0.4, -0.2) is 54.2 Å². The summed E-state index contributed by atoms with van der Waals surface area (Å²) in [5.74, 6) is 1.20. The first-order valence-electron chi connectivity index (χ1n) is 12.5. The number of carbonyl (C=O) groups is 1. The summed E-state index contributed by atoms with van der Waals surface area (Å²) in [6.45, 7) is 10.2. The highest BCUT2D eigenvalue weighted by Crippen LogP contribution is 2.25. The topological polar surface area (TPSA) is 102 Å². The molecular formula is C28H38N4O3S. The Morgan fingerprint density at radius 3 is 2.47 bits per heavy atom. The van der Waals surface area contributed by atoms with Gasteiger partial charge in [0.05, 0.1) is 5.56 Å². The number of anilines is 1. The molecular weight excluding hydrogens is 472 g/mol. The first kappa shape index (κ1) is 29.0. The summed E-state index contributed by atoms with van der Waals surface area (Å²) >= 11 is 1.47. The van der Waals surface area contributed by atoms with Crippen molar-refractivity contribution in [3.05, 3.63) is 59.8 Å². The molecule has 3 N–H and O–H groups in total. The molecule has 0 bridgehead atoms. The molecule has 1 fully saturated rings. The van der Waals surface area contributed by atoms with E-state index >= 15 is 0 Å². The van der Waals surface area contributed by atoms with Crippen LogP contribution in [-0.2, 0) is 4.74 Å². The largest absolute Gasteiger partial charge is 0.490 e. The van der Waals surface area contributed by atoms with Crippen LogP contribution in [0.1, 0.15) is 56.5 Å². The Morgan fingerprint density at radius 1 is 1.06 bits per heavy atom. The predicted octanol–water partition coefficient (Wildman–Crippen LogP) is 6.25. The van der Waals surface area contributed by atoms with E-state index in [-0.39, 0.29) is 13.2 Å². The molecule has 1 aromatic heterocycles. The summed E-state index contributed by atoms with van der Waals surface area (Å²) in [7, 11) is 0. The fourth-order valence-corrected chi connectivity index (χ4v) is 4.38. The minimum Gasteiger partial charge on any atom is -0.490 e. The number of amidine groups is 1. The molecule has 0 atom stereocenters. The molecule has 1 aliphatic rings. The summed E-state index contributed by atoms with van der Waals surface area (Å²) in [5, 5.41) is 10.2. The van der Waals surface area contributed by atoms with E-state index in [1.54, 1.807) is 12.3 Å². The highest BCUT2D eigenvalue weighted by atomic mass is 32.2. The number of hydrogen-bond donors (Lipinski definition) is 2. The first-order valence-corrected chi connectivity index (χ1v) is 13.8. The zero-order chi connectivity index (χ0) is 26.5. The highest BCUT2D eigenvalue weighted by Gasteiger charge is 2.19. The number of ether oxygens (including phenoxy) is 2. The lowest BCUT2D eigenvalue weighted by atomic mass is 10.1. The molecule has 3 aromatic rings. The van der Waals surface area contributed by atoms with Crippen molar-refractivity contribution in [2.75, 3.05) is 38.3 Å². The van der Waals surface area contributed by atoms with Gasteiger partial charge in [0.1, 0.15) is 30.6 Å². The van der Waals surface area contributed by atoms with Crippen molar-refractivity contribution in [1.82, 2.24) is 9.88 Å². The van der Waals surface area contributed by atoms with E-state index in [4.69, 9.17) is 20.6 Å². The van der Waals surface area contributed by atoms with E-state index in [0.29, 0.717) is 23.0 Å². The van der Waals surface area contributed by atoms with Crippen LogP contribution in [0.25, 0.3) is 10.8 Å². The average Bonchev–Trinajstić information content (AvgIpc) is 3.48. The Kier molecular flexibility index (Phi) is 12.1. The number of nitrogens with two attached hydrogens (primary N) is 1. The van der Waals surface area contributed by atoms with Crippen molar-refractivity contribution in [3.8, 4) is 5.75 Å². The van der Waals surface area contributed by atoms with Crippen molar-refractivity contribution >= 4 is 40.2 Å². The first-order chi connectivity index (χ1) is 17.6. The van der Waals surface area contributed by atoms with Crippen LogP contribution in [0.5, 0.6) is 5.75 Å². The lowest BCUT2D eigenvalue weighted by Crippen LogP contribution is -2.27. The number of benzene rings is 2. The lowest BCUT2D eigenvalue weighted by molar-refractivity contribution is 0.0446. The number of nitrogens with one attached hydrogen (secondary N) is 1. The number of aromatic nitrogens is 1. The van der Waals surface area contributed by atoms with E-state index in [1.165, 1.54) is 11.8 Å². The number of likely N-dealkylation sites (tertiary alicyclic amines) is 1. The van der Waals surface area contributed by atoms with Crippen molar-refractivity contribution < 1.29 is 14.3 Å². The van der Waals surface area contributed by atoms with Gasteiger partial charge in [0.15, 0.2) is 0 Å². The predicted molar refractivity (Wildman–Crippen MR) is 150 cm³/mol. The third-order valence-electron chi connectivity index (χ3n) is 5.47. The van der Waals surface area contributed by atoms with E-state index in [0.717, 1.165) is 47.2 Å². The molecule has 194 valence electrons. The Morgan fingerprint density at radius 2 is 1.78 bits per heavy atom. The number of thioether (sulfide) groups is 1. The maximum absolute atomic E-state index is 12.6. The number of esters is 1. The number of nitrogen functional groups attached to an aromatic ring is 1. The maximum atomic E-state index is 12.6. The van der Waals surface area contributed by atoms with Gasteiger partial charge in [0.2, 0.25) is 0 Å². The second-order valence-electron chi connectivity index (χ2n) is 7.52. The number of pyridine rings is 1. The molecule has 1 saturated heterocycles. The van der Waals surface area contributed by atoms with Crippen molar-refractivity contribution in [1.29, 1.82) is 5.41 Å². The summed E-state index contributed by atoms with van der Waals surface area (Å²) in [4.78, 5) is 19.6. The van der Waals surface area contributed by atoms with Crippen LogP contribution < -0.4 is 10.5 Å². The van der Waals surface area contributed by atoms with Crippen LogP contribution >= 0.6 is 11.8 Å². The SMILES string of the molecule is CC.CC.CSc1cc(C(=N)N2CCCC2)ccc1C(=O)OCCOc1ccc2ccnc(N)c2c1. The number of nitrogens with zero attached hydrogens (tertiary/aromatic N) is 2. The van der Waals surface area contributed by atoms with Crippen LogP contribution in [0.15, 0.2) is 53.6 Å². The van der Waals surface area contributed by atoms with Crippen LogP contribution in [0, 0.1) is 5.41 Å². The Hall–Kier alpha value is -3.26. The zero-order valence-corrected chi connectivity index (χ0v) is 22.8. The van der Waals surface area contributed by atoms with Crippen molar-refractivity contribution in [3.63, 3.8) is 0 Å². The zero-order valence-electron chi connectivity index (χ0n) is 22.0. The molecule has 0 radical (unpaired) electrons. The molecule has 0 aliphatic carbocycles. The van der Waals surface area contributed by atoms with Crippen LogP contribution in [0.4, 0.5) is 5.82 Å².